The molecule has 0 amide bonds. The summed E-state index contributed by atoms with van der Waals surface area (Å²) in [5.41, 5.74) is 9.10. The first-order chi connectivity index (χ1) is 11.7. The molecule has 1 fully saturated rings. The Morgan fingerprint density at radius 1 is 0.917 bits per heavy atom. The predicted octanol–water partition coefficient (Wildman–Crippen LogP) is 4.89. The summed E-state index contributed by atoms with van der Waals surface area (Å²) in [6.45, 7) is 0. The Kier molecular flexibility index (Phi) is 3.97. The van der Waals surface area contributed by atoms with Crippen molar-refractivity contribution in [3.63, 3.8) is 0 Å². The van der Waals surface area contributed by atoms with Crippen LogP contribution < -0.4 is 0 Å². The molecule has 2 aromatic rings. The zero-order valence-corrected chi connectivity index (χ0v) is 13.8. The van der Waals surface area contributed by atoms with Gasteiger partial charge in [0.2, 0.25) is 0 Å². The second-order valence-corrected chi connectivity index (χ2v) is 6.87. The van der Waals surface area contributed by atoms with Crippen molar-refractivity contribution in [3.05, 3.63) is 64.7 Å². The maximum atomic E-state index is 9.76. The van der Waals surface area contributed by atoms with E-state index in [0.29, 0.717) is 0 Å². The van der Waals surface area contributed by atoms with Gasteiger partial charge in [-0.05, 0) is 71.9 Å². The second kappa shape index (κ2) is 6.27. The minimum atomic E-state index is -0.630. The van der Waals surface area contributed by atoms with E-state index in [1.165, 1.54) is 47.9 Å². The minimum Gasteiger partial charge on any atom is -0.481 e. The number of hydrogen-bond acceptors (Lipinski definition) is 1. The zero-order chi connectivity index (χ0) is 16.5. The van der Waals surface area contributed by atoms with E-state index in [9.17, 15) is 4.79 Å². The van der Waals surface area contributed by atoms with Crippen molar-refractivity contribution in [2.75, 3.05) is 0 Å². The lowest BCUT2D eigenvalue weighted by atomic mass is 9.80. The monoisotopic (exact) mass is 318 g/mol. The van der Waals surface area contributed by atoms with E-state index in [4.69, 9.17) is 5.11 Å². The maximum absolute atomic E-state index is 9.76. The smallest absolute Gasteiger partial charge is 0.306 e. The average molecular weight is 318 g/mol. The van der Waals surface area contributed by atoms with Gasteiger partial charge in [0, 0.05) is 0 Å². The molecular formula is C22H22O2. The van der Waals surface area contributed by atoms with Crippen LogP contribution in [0.25, 0.3) is 17.2 Å². The molecule has 0 spiro atoms. The van der Waals surface area contributed by atoms with E-state index in [1.807, 2.05) is 0 Å². The van der Waals surface area contributed by atoms with E-state index < -0.39 is 5.97 Å². The fourth-order valence-electron chi connectivity index (χ4n) is 3.73. The van der Waals surface area contributed by atoms with Crippen LogP contribution in [0.4, 0.5) is 0 Å². The van der Waals surface area contributed by atoms with Gasteiger partial charge < -0.3 is 5.11 Å². The van der Waals surface area contributed by atoms with Crippen LogP contribution in [0, 0.1) is 5.92 Å². The molecule has 0 unspecified atom stereocenters. The molecule has 2 aromatic carbocycles. The van der Waals surface area contributed by atoms with Gasteiger partial charge in [-0.1, -0.05) is 48.6 Å². The third kappa shape index (κ3) is 2.89. The van der Waals surface area contributed by atoms with Crippen molar-refractivity contribution in [2.45, 2.75) is 38.5 Å². The Hall–Kier alpha value is -2.35. The van der Waals surface area contributed by atoms with Crippen LogP contribution in [0.1, 0.15) is 41.5 Å². The molecule has 24 heavy (non-hydrogen) atoms. The van der Waals surface area contributed by atoms with Crippen molar-refractivity contribution in [3.8, 4) is 11.1 Å². The Morgan fingerprint density at radius 2 is 1.75 bits per heavy atom. The van der Waals surface area contributed by atoms with Gasteiger partial charge in [-0.25, -0.2) is 0 Å². The van der Waals surface area contributed by atoms with E-state index in [-0.39, 0.29) is 5.92 Å². The van der Waals surface area contributed by atoms with Crippen LogP contribution in [-0.4, -0.2) is 11.1 Å². The number of benzene rings is 2. The Balaban J connectivity index is 0.000000207. The largest absolute Gasteiger partial charge is 0.481 e. The highest BCUT2D eigenvalue weighted by Gasteiger charge is 2.28. The van der Waals surface area contributed by atoms with Gasteiger partial charge in [0.25, 0.3) is 0 Å². The molecule has 0 bridgehead atoms. The molecular weight excluding hydrogens is 296 g/mol. The molecule has 0 radical (unpaired) electrons. The molecule has 122 valence electrons. The summed E-state index contributed by atoms with van der Waals surface area (Å²) in [6, 6.07) is 13.5. The van der Waals surface area contributed by atoms with Gasteiger partial charge in [0.05, 0.1) is 5.92 Å². The summed E-state index contributed by atoms with van der Waals surface area (Å²) in [5.74, 6) is -0.611. The van der Waals surface area contributed by atoms with Crippen molar-refractivity contribution in [1.29, 1.82) is 0 Å². The third-order valence-electron chi connectivity index (χ3n) is 5.20. The van der Waals surface area contributed by atoms with E-state index in [0.717, 1.165) is 12.8 Å². The standard InChI is InChI=1S/C18H16.C4H6O2/c1-3-7-15-13(5-1)9-11-18-16-8-4-2-6-14(16)10-12-17(15)18;5-4(6)3-1-2-3/h1-3,5-7,10,12H,4,8-9,11H2;3H,1-2H2,(H,5,6). The molecule has 0 heterocycles. The Morgan fingerprint density at radius 3 is 2.50 bits per heavy atom. The van der Waals surface area contributed by atoms with Crippen molar-refractivity contribution >= 4 is 12.0 Å². The fourth-order valence-corrected chi connectivity index (χ4v) is 3.73. The molecule has 1 N–H and O–H groups in total. The van der Waals surface area contributed by atoms with E-state index in [2.05, 4.69) is 48.6 Å². The van der Waals surface area contributed by atoms with Gasteiger partial charge in [0.1, 0.15) is 0 Å². The molecule has 0 atom stereocenters. The summed E-state index contributed by atoms with van der Waals surface area (Å²) in [6.07, 6.45) is 11.2. The topological polar surface area (TPSA) is 37.3 Å². The lowest BCUT2D eigenvalue weighted by molar-refractivity contribution is -0.138. The number of carbonyl (C=O) groups is 1. The average Bonchev–Trinajstić information content (AvgIpc) is 3.47. The number of rotatable bonds is 1. The summed E-state index contributed by atoms with van der Waals surface area (Å²) in [7, 11) is 0. The van der Waals surface area contributed by atoms with Crippen LogP contribution in [0.5, 0.6) is 0 Å². The van der Waals surface area contributed by atoms with Crippen LogP contribution >= 0.6 is 0 Å². The molecule has 2 heteroatoms. The number of carboxylic acids is 1. The SMILES string of the molecule is C1=Cc2ccc3c(c2CC1)CCc1ccccc1-3.O=C(O)C1CC1. The molecule has 3 aliphatic carbocycles. The van der Waals surface area contributed by atoms with Crippen molar-refractivity contribution < 1.29 is 9.90 Å². The maximum Gasteiger partial charge on any atom is 0.306 e. The number of aliphatic carboxylic acids is 1. The first-order valence-corrected chi connectivity index (χ1v) is 8.86. The number of allylic oxidation sites excluding steroid dienone is 1. The fraction of sp³-hybridized carbons (Fsp3) is 0.318. The quantitative estimate of drug-likeness (QED) is 0.812. The Labute approximate surface area is 142 Å². The highest BCUT2D eigenvalue weighted by Crippen LogP contribution is 2.38. The first kappa shape index (κ1) is 15.2. The van der Waals surface area contributed by atoms with Gasteiger partial charge in [-0.2, -0.15) is 0 Å². The number of carboxylic acid groups (broad SMARTS) is 1. The normalized spacial score (nSPS) is 17.0. The van der Waals surface area contributed by atoms with Crippen LogP contribution in [-0.2, 0) is 24.1 Å². The summed E-state index contributed by atoms with van der Waals surface area (Å²) >= 11 is 0. The summed E-state index contributed by atoms with van der Waals surface area (Å²) in [4.78, 5) is 9.76. The highest BCUT2D eigenvalue weighted by atomic mass is 16.4. The van der Waals surface area contributed by atoms with Gasteiger partial charge in [-0.3, -0.25) is 4.79 Å². The van der Waals surface area contributed by atoms with Crippen LogP contribution in [0.3, 0.4) is 0 Å². The van der Waals surface area contributed by atoms with Gasteiger partial charge in [-0.15, -0.1) is 0 Å². The molecule has 5 rings (SSSR count). The highest BCUT2D eigenvalue weighted by molar-refractivity contribution is 5.77. The molecule has 1 saturated carbocycles. The number of aryl methyl sites for hydroxylation is 1. The number of fused-ring (bicyclic) bond motifs is 5. The van der Waals surface area contributed by atoms with Crippen molar-refractivity contribution in [2.24, 2.45) is 5.92 Å². The second-order valence-electron chi connectivity index (χ2n) is 6.87. The first-order valence-electron chi connectivity index (χ1n) is 8.86. The van der Waals surface area contributed by atoms with Gasteiger partial charge in [0.15, 0.2) is 0 Å². The van der Waals surface area contributed by atoms with E-state index >= 15 is 0 Å². The number of hydrogen-bond donors (Lipinski definition) is 1. The third-order valence-corrected chi connectivity index (χ3v) is 5.20. The van der Waals surface area contributed by atoms with Crippen LogP contribution in [0.2, 0.25) is 0 Å². The summed E-state index contributed by atoms with van der Waals surface area (Å²) < 4.78 is 0. The molecule has 0 aromatic heterocycles. The molecule has 2 nitrogen and oxygen atoms in total. The lowest BCUT2D eigenvalue weighted by Gasteiger charge is -2.25. The van der Waals surface area contributed by atoms with Gasteiger partial charge >= 0.3 is 5.97 Å². The zero-order valence-electron chi connectivity index (χ0n) is 13.8. The Bertz CT molecular complexity index is 813. The summed E-state index contributed by atoms with van der Waals surface area (Å²) in [5, 5.41) is 8.05. The predicted molar refractivity (Wildman–Crippen MR) is 97.0 cm³/mol. The van der Waals surface area contributed by atoms with E-state index in [1.54, 1.807) is 11.1 Å². The van der Waals surface area contributed by atoms with Crippen LogP contribution in [0.15, 0.2) is 42.5 Å². The molecule has 3 aliphatic rings. The molecule has 0 saturated heterocycles. The molecule has 0 aliphatic heterocycles. The van der Waals surface area contributed by atoms with Crippen molar-refractivity contribution in [1.82, 2.24) is 0 Å². The lowest BCUT2D eigenvalue weighted by Crippen LogP contribution is -2.09. The minimum absolute atomic E-state index is 0.0185.